The molecular formula is C15H30N2. The third-order valence-electron chi connectivity index (χ3n) is 5.02. The highest BCUT2D eigenvalue weighted by Crippen LogP contribution is 2.35. The Morgan fingerprint density at radius 2 is 1.71 bits per heavy atom. The van der Waals surface area contributed by atoms with Gasteiger partial charge < -0.3 is 10.2 Å². The Kier molecular flexibility index (Phi) is 4.14. The summed E-state index contributed by atoms with van der Waals surface area (Å²) in [5.74, 6) is 0. The van der Waals surface area contributed by atoms with Crippen molar-refractivity contribution in [3.8, 4) is 0 Å². The van der Waals surface area contributed by atoms with Crippen LogP contribution in [0.15, 0.2) is 0 Å². The highest BCUT2D eigenvalue weighted by molar-refractivity contribution is 4.87. The highest BCUT2D eigenvalue weighted by Gasteiger charge is 2.29. The van der Waals surface area contributed by atoms with Crippen molar-refractivity contribution in [1.29, 1.82) is 0 Å². The molecule has 2 rings (SSSR count). The fraction of sp³-hybridized carbons (Fsp3) is 1.00. The second kappa shape index (κ2) is 5.27. The van der Waals surface area contributed by atoms with Crippen molar-refractivity contribution in [3.05, 3.63) is 0 Å². The molecule has 100 valence electrons. The van der Waals surface area contributed by atoms with E-state index in [-0.39, 0.29) is 0 Å². The van der Waals surface area contributed by atoms with Crippen molar-refractivity contribution in [2.75, 3.05) is 13.6 Å². The lowest BCUT2D eigenvalue weighted by Crippen LogP contribution is -2.49. The van der Waals surface area contributed by atoms with Crippen molar-refractivity contribution in [3.63, 3.8) is 0 Å². The Morgan fingerprint density at radius 3 is 2.29 bits per heavy atom. The predicted octanol–water partition coefficient (Wildman–Crippen LogP) is 3.03. The van der Waals surface area contributed by atoms with Gasteiger partial charge in [-0.2, -0.15) is 0 Å². The molecule has 2 nitrogen and oxygen atoms in total. The number of hydrogen-bond donors (Lipinski definition) is 1. The number of nitrogens with zero attached hydrogens (tertiary/aromatic N) is 1. The highest BCUT2D eigenvalue weighted by atomic mass is 15.1. The standard InChI is InChI=1S/C15H30N2/c1-12-11-14(7-10-17(12)4)16-13-5-8-15(2,3)9-6-13/h12-14,16H,5-11H2,1-4H3. The van der Waals surface area contributed by atoms with Crippen molar-refractivity contribution < 1.29 is 0 Å². The molecule has 1 aliphatic carbocycles. The van der Waals surface area contributed by atoms with Crippen LogP contribution in [-0.4, -0.2) is 36.6 Å². The molecule has 1 saturated carbocycles. The molecule has 0 aromatic heterocycles. The molecule has 17 heavy (non-hydrogen) atoms. The van der Waals surface area contributed by atoms with Gasteiger partial charge in [0, 0.05) is 18.1 Å². The van der Waals surface area contributed by atoms with Gasteiger partial charge in [-0.1, -0.05) is 13.8 Å². The van der Waals surface area contributed by atoms with Gasteiger partial charge in [-0.05, 0) is 64.5 Å². The minimum atomic E-state index is 0.595. The molecule has 0 amide bonds. The predicted molar refractivity (Wildman–Crippen MR) is 74.3 cm³/mol. The molecule has 2 heteroatoms. The number of likely N-dealkylation sites (tertiary alicyclic amines) is 1. The average molecular weight is 238 g/mol. The summed E-state index contributed by atoms with van der Waals surface area (Å²) in [6.07, 6.45) is 8.22. The van der Waals surface area contributed by atoms with E-state index >= 15 is 0 Å². The summed E-state index contributed by atoms with van der Waals surface area (Å²) in [4.78, 5) is 2.49. The van der Waals surface area contributed by atoms with Crippen LogP contribution >= 0.6 is 0 Å². The van der Waals surface area contributed by atoms with Crippen LogP contribution in [0, 0.1) is 5.41 Å². The summed E-state index contributed by atoms with van der Waals surface area (Å²) in [6.45, 7) is 8.45. The molecule has 2 fully saturated rings. The van der Waals surface area contributed by atoms with Gasteiger partial charge in [0.2, 0.25) is 0 Å². The fourth-order valence-corrected chi connectivity index (χ4v) is 3.34. The maximum Gasteiger partial charge on any atom is 0.00966 e. The van der Waals surface area contributed by atoms with Crippen LogP contribution in [0.5, 0.6) is 0 Å². The summed E-state index contributed by atoms with van der Waals surface area (Å²) in [6, 6.07) is 2.32. The lowest BCUT2D eigenvalue weighted by Gasteiger charge is -2.40. The first-order valence-electron chi connectivity index (χ1n) is 7.42. The largest absolute Gasteiger partial charge is 0.311 e. The smallest absolute Gasteiger partial charge is 0.00966 e. The van der Waals surface area contributed by atoms with Gasteiger partial charge in [-0.15, -0.1) is 0 Å². The van der Waals surface area contributed by atoms with Gasteiger partial charge >= 0.3 is 0 Å². The first-order chi connectivity index (χ1) is 7.96. The SMILES string of the molecule is CC1CC(NC2CCC(C)(C)CC2)CCN1C. The zero-order valence-electron chi connectivity index (χ0n) is 12.1. The summed E-state index contributed by atoms with van der Waals surface area (Å²) < 4.78 is 0. The molecule has 1 aliphatic heterocycles. The molecule has 2 unspecified atom stereocenters. The molecule has 1 saturated heterocycles. The zero-order valence-corrected chi connectivity index (χ0v) is 12.1. The van der Waals surface area contributed by atoms with E-state index in [9.17, 15) is 0 Å². The van der Waals surface area contributed by atoms with E-state index in [0.29, 0.717) is 5.41 Å². The third-order valence-corrected chi connectivity index (χ3v) is 5.02. The third kappa shape index (κ3) is 3.69. The molecule has 0 spiro atoms. The maximum atomic E-state index is 3.92. The monoisotopic (exact) mass is 238 g/mol. The Hall–Kier alpha value is -0.0800. The second-order valence-corrected chi connectivity index (χ2v) is 7.16. The van der Waals surface area contributed by atoms with Crippen LogP contribution in [0.2, 0.25) is 0 Å². The quantitative estimate of drug-likeness (QED) is 0.795. The van der Waals surface area contributed by atoms with E-state index in [1.165, 1.54) is 45.1 Å². The number of nitrogens with one attached hydrogen (secondary N) is 1. The maximum absolute atomic E-state index is 3.92. The van der Waals surface area contributed by atoms with E-state index in [1.54, 1.807) is 0 Å². The average Bonchev–Trinajstić information content (AvgIpc) is 2.27. The van der Waals surface area contributed by atoms with Crippen LogP contribution in [0.25, 0.3) is 0 Å². The lowest BCUT2D eigenvalue weighted by atomic mass is 9.75. The summed E-state index contributed by atoms with van der Waals surface area (Å²) in [7, 11) is 2.25. The molecule has 2 aliphatic rings. The van der Waals surface area contributed by atoms with Gasteiger partial charge in [0.15, 0.2) is 0 Å². The zero-order chi connectivity index (χ0) is 12.5. The Bertz CT molecular complexity index is 239. The Morgan fingerprint density at radius 1 is 1.06 bits per heavy atom. The Labute approximate surface area is 107 Å². The van der Waals surface area contributed by atoms with Crippen LogP contribution in [0.1, 0.15) is 59.3 Å². The molecule has 0 bridgehead atoms. The van der Waals surface area contributed by atoms with E-state index in [0.717, 1.165) is 18.1 Å². The molecule has 1 heterocycles. The van der Waals surface area contributed by atoms with Crippen molar-refractivity contribution in [1.82, 2.24) is 10.2 Å². The van der Waals surface area contributed by atoms with Crippen LogP contribution in [0.3, 0.4) is 0 Å². The topological polar surface area (TPSA) is 15.3 Å². The molecule has 2 atom stereocenters. The van der Waals surface area contributed by atoms with E-state index in [1.807, 2.05) is 0 Å². The van der Waals surface area contributed by atoms with Crippen molar-refractivity contribution in [2.24, 2.45) is 5.41 Å². The van der Waals surface area contributed by atoms with Crippen LogP contribution in [0.4, 0.5) is 0 Å². The number of hydrogen-bond acceptors (Lipinski definition) is 2. The minimum absolute atomic E-state index is 0.595. The normalized spacial score (nSPS) is 36.0. The summed E-state index contributed by atoms with van der Waals surface area (Å²) >= 11 is 0. The minimum Gasteiger partial charge on any atom is -0.311 e. The fourth-order valence-electron chi connectivity index (χ4n) is 3.34. The van der Waals surface area contributed by atoms with Gasteiger partial charge in [0.25, 0.3) is 0 Å². The molecular weight excluding hydrogens is 208 g/mol. The van der Waals surface area contributed by atoms with Gasteiger partial charge in [-0.25, -0.2) is 0 Å². The van der Waals surface area contributed by atoms with Crippen molar-refractivity contribution in [2.45, 2.75) is 77.4 Å². The lowest BCUT2D eigenvalue weighted by molar-refractivity contribution is 0.142. The molecule has 1 N–H and O–H groups in total. The Balaban J connectivity index is 1.75. The van der Waals surface area contributed by atoms with E-state index < -0.39 is 0 Å². The molecule has 0 aromatic carbocycles. The second-order valence-electron chi connectivity index (χ2n) is 7.16. The summed E-state index contributed by atoms with van der Waals surface area (Å²) in [5.41, 5.74) is 0.595. The van der Waals surface area contributed by atoms with E-state index in [2.05, 4.69) is 38.0 Å². The van der Waals surface area contributed by atoms with Crippen LogP contribution < -0.4 is 5.32 Å². The van der Waals surface area contributed by atoms with Crippen LogP contribution in [-0.2, 0) is 0 Å². The first-order valence-corrected chi connectivity index (χ1v) is 7.42. The molecule has 0 radical (unpaired) electrons. The van der Waals surface area contributed by atoms with E-state index in [4.69, 9.17) is 0 Å². The van der Waals surface area contributed by atoms with Crippen molar-refractivity contribution >= 4 is 0 Å². The van der Waals surface area contributed by atoms with Gasteiger partial charge in [-0.3, -0.25) is 0 Å². The van der Waals surface area contributed by atoms with Gasteiger partial charge in [0.05, 0.1) is 0 Å². The number of piperidine rings is 1. The first kappa shape index (κ1) is 13.4. The molecule has 0 aromatic rings. The van der Waals surface area contributed by atoms with Gasteiger partial charge in [0.1, 0.15) is 0 Å². The number of rotatable bonds is 2. The summed E-state index contributed by atoms with van der Waals surface area (Å²) in [5, 5.41) is 3.92.